The molecule has 0 spiro atoms. The van der Waals surface area contributed by atoms with Gasteiger partial charge in [0.15, 0.2) is 0 Å². The van der Waals surface area contributed by atoms with Crippen molar-refractivity contribution in [2.24, 2.45) is 5.92 Å². The predicted octanol–water partition coefficient (Wildman–Crippen LogP) is 1.64. The van der Waals surface area contributed by atoms with Crippen LogP contribution in [0.1, 0.15) is 23.2 Å². The van der Waals surface area contributed by atoms with Crippen molar-refractivity contribution >= 4 is 11.7 Å². The van der Waals surface area contributed by atoms with Crippen LogP contribution in [0.5, 0.6) is 0 Å². The number of ether oxygens (including phenoxy) is 1. The number of rotatable bonds is 4. The van der Waals surface area contributed by atoms with Gasteiger partial charge in [-0.2, -0.15) is 0 Å². The molecular formula is C13H18N2O3. The highest BCUT2D eigenvalue weighted by Crippen LogP contribution is 2.25. The molecule has 0 radical (unpaired) electrons. The van der Waals surface area contributed by atoms with Gasteiger partial charge in [-0.15, -0.1) is 0 Å². The van der Waals surface area contributed by atoms with Crippen molar-refractivity contribution in [3.8, 4) is 0 Å². The molecule has 1 aromatic rings. The van der Waals surface area contributed by atoms with Gasteiger partial charge in [0, 0.05) is 33.0 Å². The molecule has 0 aromatic carbocycles. The van der Waals surface area contributed by atoms with E-state index < -0.39 is 5.97 Å². The topological polar surface area (TPSA) is 62.7 Å². The number of carboxylic acid groups (broad SMARTS) is 1. The van der Waals surface area contributed by atoms with Gasteiger partial charge in [-0.1, -0.05) is 0 Å². The number of carbonyl (C=O) groups is 1. The second-order valence-electron chi connectivity index (χ2n) is 4.58. The number of hydrogen-bond acceptors (Lipinski definition) is 4. The Kier molecular flexibility index (Phi) is 4.15. The molecule has 0 atom stereocenters. The lowest BCUT2D eigenvalue weighted by molar-refractivity contribution is 0.0697. The minimum Gasteiger partial charge on any atom is -0.478 e. The third-order valence-electron chi connectivity index (χ3n) is 3.39. The molecule has 0 saturated carbocycles. The quantitative estimate of drug-likeness (QED) is 0.880. The SMILES string of the molecule is COCC1CCN(c2cnccc2C(=O)O)CC1. The molecule has 5 nitrogen and oxygen atoms in total. The molecule has 1 aliphatic heterocycles. The van der Waals surface area contributed by atoms with Crippen molar-refractivity contribution in [2.75, 3.05) is 31.7 Å². The van der Waals surface area contributed by atoms with Gasteiger partial charge in [0.25, 0.3) is 0 Å². The Morgan fingerprint density at radius 2 is 2.28 bits per heavy atom. The fourth-order valence-electron chi connectivity index (χ4n) is 2.40. The summed E-state index contributed by atoms with van der Waals surface area (Å²) in [6, 6.07) is 1.55. The standard InChI is InChI=1S/C13H18N2O3/c1-18-9-10-3-6-15(7-4-10)12-8-14-5-2-11(12)13(16)17/h2,5,8,10H,3-4,6-7,9H2,1H3,(H,16,17). The summed E-state index contributed by atoms with van der Waals surface area (Å²) in [5.74, 6) is -0.317. The summed E-state index contributed by atoms with van der Waals surface area (Å²) in [5.41, 5.74) is 1.05. The number of aromatic nitrogens is 1. The van der Waals surface area contributed by atoms with Gasteiger partial charge in [0.2, 0.25) is 0 Å². The van der Waals surface area contributed by atoms with Gasteiger partial charge < -0.3 is 14.7 Å². The molecule has 0 bridgehead atoms. The van der Waals surface area contributed by atoms with Crippen LogP contribution in [0.25, 0.3) is 0 Å². The van der Waals surface area contributed by atoms with Crippen LogP contribution >= 0.6 is 0 Å². The highest BCUT2D eigenvalue weighted by molar-refractivity contribution is 5.94. The fourth-order valence-corrected chi connectivity index (χ4v) is 2.40. The zero-order valence-corrected chi connectivity index (χ0v) is 10.5. The second-order valence-corrected chi connectivity index (χ2v) is 4.58. The number of nitrogens with zero attached hydrogens (tertiary/aromatic N) is 2. The fraction of sp³-hybridized carbons (Fsp3) is 0.538. The summed E-state index contributed by atoms with van der Waals surface area (Å²) >= 11 is 0. The van der Waals surface area contributed by atoms with Gasteiger partial charge >= 0.3 is 5.97 Å². The zero-order chi connectivity index (χ0) is 13.0. The summed E-state index contributed by atoms with van der Waals surface area (Å²) < 4.78 is 5.16. The van der Waals surface area contributed by atoms with Crippen molar-refractivity contribution in [3.63, 3.8) is 0 Å². The number of anilines is 1. The van der Waals surface area contributed by atoms with Crippen molar-refractivity contribution in [1.29, 1.82) is 0 Å². The van der Waals surface area contributed by atoms with E-state index in [4.69, 9.17) is 9.84 Å². The van der Waals surface area contributed by atoms with E-state index in [1.54, 1.807) is 19.4 Å². The van der Waals surface area contributed by atoms with Gasteiger partial charge in [-0.05, 0) is 24.8 Å². The highest BCUT2D eigenvalue weighted by Gasteiger charge is 2.22. The van der Waals surface area contributed by atoms with Gasteiger partial charge in [-0.25, -0.2) is 4.79 Å². The molecule has 2 rings (SSSR count). The Morgan fingerprint density at radius 1 is 1.56 bits per heavy atom. The zero-order valence-electron chi connectivity index (χ0n) is 10.5. The first-order valence-corrected chi connectivity index (χ1v) is 6.13. The Bertz CT molecular complexity index is 414. The number of hydrogen-bond donors (Lipinski definition) is 1. The van der Waals surface area contributed by atoms with E-state index >= 15 is 0 Å². The Labute approximate surface area is 106 Å². The molecule has 1 fully saturated rings. The summed E-state index contributed by atoms with van der Waals surface area (Å²) in [5, 5.41) is 9.16. The maximum Gasteiger partial charge on any atom is 0.337 e. The Balaban J connectivity index is 2.07. The van der Waals surface area contributed by atoms with Gasteiger partial charge in [-0.3, -0.25) is 4.98 Å². The lowest BCUT2D eigenvalue weighted by Crippen LogP contribution is -2.36. The van der Waals surface area contributed by atoms with Crippen LogP contribution in [0.3, 0.4) is 0 Å². The van der Waals surface area contributed by atoms with Gasteiger partial charge in [0.05, 0.1) is 17.4 Å². The molecule has 18 heavy (non-hydrogen) atoms. The molecule has 1 aliphatic rings. The third kappa shape index (κ3) is 2.79. The highest BCUT2D eigenvalue weighted by atomic mass is 16.5. The smallest absolute Gasteiger partial charge is 0.337 e. The average Bonchev–Trinajstić information content (AvgIpc) is 2.40. The predicted molar refractivity (Wildman–Crippen MR) is 68.0 cm³/mol. The van der Waals surface area contributed by atoms with Crippen molar-refractivity contribution in [2.45, 2.75) is 12.8 Å². The van der Waals surface area contributed by atoms with Crippen LogP contribution in [-0.4, -0.2) is 42.9 Å². The molecular weight excluding hydrogens is 232 g/mol. The molecule has 98 valence electrons. The van der Waals surface area contributed by atoms with Crippen LogP contribution < -0.4 is 4.90 Å². The van der Waals surface area contributed by atoms with Crippen molar-refractivity contribution in [3.05, 3.63) is 24.0 Å². The molecule has 0 unspecified atom stereocenters. The number of piperidine rings is 1. The third-order valence-corrected chi connectivity index (χ3v) is 3.39. The lowest BCUT2D eigenvalue weighted by Gasteiger charge is -2.33. The van der Waals surface area contributed by atoms with E-state index in [2.05, 4.69) is 9.88 Å². The number of pyridine rings is 1. The van der Waals surface area contributed by atoms with E-state index in [9.17, 15) is 4.79 Å². The largest absolute Gasteiger partial charge is 0.478 e. The number of methoxy groups -OCH3 is 1. The first kappa shape index (κ1) is 12.8. The van der Waals surface area contributed by atoms with Crippen LogP contribution in [0, 0.1) is 5.92 Å². The van der Waals surface area contributed by atoms with Crippen LogP contribution in [0.2, 0.25) is 0 Å². The molecule has 0 aliphatic carbocycles. The molecule has 1 aromatic heterocycles. The summed E-state index contributed by atoms with van der Waals surface area (Å²) in [4.78, 5) is 17.3. The number of carboxylic acids is 1. The molecule has 1 N–H and O–H groups in total. The van der Waals surface area contributed by atoms with E-state index in [1.807, 2.05) is 0 Å². The molecule has 2 heterocycles. The summed E-state index contributed by atoms with van der Waals surface area (Å²) in [6.07, 6.45) is 5.22. The van der Waals surface area contributed by atoms with E-state index in [0.717, 1.165) is 38.2 Å². The summed E-state index contributed by atoms with van der Waals surface area (Å²) in [7, 11) is 1.72. The normalized spacial score (nSPS) is 16.8. The first-order chi connectivity index (χ1) is 8.72. The van der Waals surface area contributed by atoms with E-state index in [1.165, 1.54) is 6.20 Å². The lowest BCUT2D eigenvalue weighted by atomic mass is 9.97. The van der Waals surface area contributed by atoms with Crippen LogP contribution in [-0.2, 0) is 4.74 Å². The monoisotopic (exact) mass is 250 g/mol. The minimum absolute atomic E-state index is 0.329. The first-order valence-electron chi connectivity index (χ1n) is 6.13. The van der Waals surface area contributed by atoms with E-state index in [0.29, 0.717) is 11.5 Å². The maximum absolute atomic E-state index is 11.2. The van der Waals surface area contributed by atoms with E-state index in [-0.39, 0.29) is 0 Å². The average molecular weight is 250 g/mol. The van der Waals surface area contributed by atoms with Crippen molar-refractivity contribution in [1.82, 2.24) is 4.98 Å². The summed E-state index contributed by atoms with van der Waals surface area (Å²) in [6.45, 7) is 2.51. The molecule has 0 amide bonds. The molecule has 1 saturated heterocycles. The maximum atomic E-state index is 11.2. The van der Waals surface area contributed by atoms with Crippen LogP contribution in [0.4, 0.5) is 5.69 Å². The Hall–Kier alpha value is -1.62. The van der Waals surface area contributed by atoms with Crippen LogP contribution in [0.15, 0.2) is 18.5 Å². The van der Waals surface area contributed by atoms with Gasteiger partial charge in [0.1, 0.15) is 0 Å². The molecule has 5 heteroatoms. The second kappa shape index (κ2) is 5.82. The Morgan fingerprint density at radius 3 is 2.89 bits per heavy atom. The minimum atomic E-state index is -0.897. The van der Waals surface area contributed by atoms with Crippen molar-refractivity contribution < 1.29 is 14.6 Å². The number of aromatic carboxylic acids is 1.